The number of fused-ring (bicyclic) bond motifs is 1. The van der Waals surface area contributed by atoms with Crippen molar-refractivity contribution in [3.05, 3.63) is 39.2 Å². The molecule has 0 fully saturated rings. The van der Waals surface area contributed by atoms with E-state index in [1.165, 1.54) is 15.3 Å². The first kappa shape index (κ1) is 13.1. The highest BCUT2D eigenvalue weighted by molar-refractivity contribution is 7.12. The number of aryl methyl sites for hydroxylation is 3. The maximum atomic E-state index is 6.11. The van der Waals surface area contributed by atoms with Gasteiger partial charge in [-0.05, 0) is 51.5 Å². The van der Waals surface area contributed by atoms with E-state index in [2.05, 4.69) is 36.8 Å². The first-order valence-corrected chi connectivity index (χ1v) is 7.47. The summed E-state index contributed by atoms with van der Waals surface area (Å²) in [5, 5.41) is 0. The van der Waals surface area contributed by atoms with Crippen molar-refractivity contribution in [2.75, 3.05) is 5.73 Å². The highest BCUT2D eigenvalue weighted by Crippen LogP contribution is 2.32. The predicted molar refractivity (Wildman–Crippen MR) is 84.3 cm³/mol. The minimum Gasteiger partial charge on any atom is -0.369 e. The summed E-state index contributed by atoms with van der Waals surface area (Å²) in [4.78, 5) is 11.7. The van der Waals surface area contributed by atoms with Gasteiger partial charge in [-0.25, -0.2) is 9.97 Å². The van der Waals surface area contributed by atoms with Gasteiger partial charge >= 0.3 is 0 Å². The number of rotatable bonds is 2. The summed E-state index contributed by atoms with van der Waals surface area (Å²) >= 11 is 1.81. The van der Waals surface area contributed by atoms with Crippen LogP contribution in [0.15, 0.2) is 18.2 Å². The lowest BCUT2D eigenvalue weighted by molar-refractivity contribution is 0.660. The fourth-order valence-electron chi connectivity index (χ4n) is 2.67. The minimum atomic E-state index is 0.138. The Labute approximate surface area is 122 Å². The lowest BCUT2D eigenvalue weighted by Crippen LogP contribution is -2.11. The summed E-state index contributed by atoms with van der Waals surface area (Å²) < 4.78 is 2.02. The van der Waals surface area contributed by atoms with Crippen molar-refractivity contribution >= 4 is 28.4 Å². The van der Waals surface area contributed by atoms with Crippen molar-refractivity contribution in [3.8, 4) is 0 Å². The molecule has 3 aromatic heterocycles. The van der Waals surface area contributed by atoms with Gasteiger partial charge in [0.25, 0.3) is 0 Å². The van der Waals surface area contributed by atoms with E-state index in [9.17, 15) is 0 Å². The van der Waals surface area contributed by atoms with Crippen LogP contribution < -0.4 is 5.73 Å². The number of hydrogen-bond donors (Lipinski definition) is 1. The van der Waals surface area contributed by atoms with Crippen LogP contribution >= 0.6 is 11.3 Å². The molecule has 0 saturated heterocycles. The van der Waals surface area contributed by atoms with Crippen molar-refractivity contribution in [1.82, 2.24) is 14.5 Å². The Bertz CT molecular complexity index is 785. The van der Waals surface area contributed by atoms with Crippen molar-refractivity contribution in [1.29, 1.82) is 0 Å². The Morgan fingerprint density at radius 1 is 1.20 bits per heavy atom. The molecule has 1 unspecified atom stereocenters. The van der Waals surface area contributed by atoms with Gasteiger partial charge in [-0.3, -0.25) is 4.57 Å². The van der Waals surface area contributed by atoms with E-state index in [0.717, 1.165) is 16.9 Å². The van der Waals surface area contributed by atoms with Gasteiger partial charge in [0, 0.05) is 15.4 Å². The molecule has 0 amide bonds. The zero-order valence-electron chi connectivity index (χ0n) is 12.1. The monoisotopic (exact) mass is 286 g/mol. The molecule has 104 valence electrons. The standard InChI is InChI=1S/C15H18N4S/c1-8-5-6-13-14(17-8)19(15(16)18-13)10(3)12-7-9(2)20-11(12)4/h5-7,10H,1-4H3,(H2,16,18). The Morgan fingerprint density at radius 3 is 2.60 bits per heavy atom. The third-order valence-electron chi connectivity index (χ3n) is 3.62. The Hall–Kier alpha value is -1.88. The van der Waals surface area contributed by atoms with Gasteiger partial charge in [0.2, 0.25) is 5.95 Å². The molecule has 2 N–H and O–H groups in total. The molecular weight excluding hydrogens is 268 g/mol. The van der Waals surface area contributed by atoms with Crippen LogP contribution in [0.3, 0.4) is 0 Å². The summed E-state index contributed by atoms with van der Waals surface area (Å²) in [7, 11) is 0. The fourth-order valence-corrected chi connectivity index (χ4v) is 3.69. The van der Waals surface area contributed by atoms with Gasteiger partial charge in [-0.15, -0.1) is 11.3 Å². The molecule has 0 aliphatic heterocycles. The third-order valence-corrected chi connectivity index (χ3v) is 4.60. The van der Waals surface area contributed by atoms with Gasteiger partial charge in [-0.2, -0.15) is 0 Å². The molecule has 0 aromatic carbocycles. The molecule has 0 aliphatic carbocycles. The predicted octanol–water partition coefficient (Wildman–Crippen LogP) is 3.61. The average Bonchev–Trinajstić information content (AvgIpc) is 2.87. The van der Waals surface area contributed by atoms with Gasteiger partial charge in [0.1, 0.15) is 5.52 Å². The third kappa shape index (κ3) is 1.98. The molecule has 4 nitrogen and oxygen atoms in total. The second-order valence-electron chi connectivity index (χ2n) is 5.18. The number of anilines is 1. The first-order chi connectivity index (χ1) is 9.47. The summed E-state index contributed by atoms with van der Waals surface area (Å²) in [6.07, 6.45) is 0. The molecule has 0 bridgehead atoms. The van der Waals surface area contributed by atoms with Crippen LogP contribution in [-0.4, -0.2) is 14.5 Å². The van der Waals surface area contributed by atoms with Crippen LogP contribution in [0.5, 0.6) is 0 Å². The Kier molecular flexibility index (Phi) is 3.01. The average molecular weight is 286 g/mol. The van der Waals surface area contributed by atoms with Gasteiger partial charge < -0.3 is 5.73 Å². The first-order valence-electron chi connectivity index (χ1n) is 6.65. The maximum Gasteiger partial charge on any atom is 0.203 e. The summed E-state index contributed by atoms with van der Waals surface area (Å²) in [5.74, 6) is 0.522. The van der Waals surface area contributed by atoms with E-state index < -0.39 is 0 Å². The highest BCUT2D eigenvalue weighted by Gasteiger charge is 2.19. The number of nitrogens with zero attached hydrogens (tertiary/aromatic N) is 3. The molecule has 1 atom stereocenters. The minimum absolute atomic E-state index is 0.138. The molecule has 0 saturated carbocycles. The van der Waals surface area contributed by atoms with Crippen molar-refractivity contribution < 1.29 is 0 Å². The van der Waals surface area contributed by atoms with Crippen molar-refractivity contribution in [2.45, 2.75) is 33.7 Å². The largest absolute Gasteiger partial charge is 0.369 e. The number of hydrogen-bond acceptors (Lipinski definition) is 4. The van der Waals surface area contributed by atoms with E-state index in [1.807, 2.05) is 35.0 Å². The number of aromatic nitrogens is 3. The van der Waals surface area contributed by atoms with Crippen molar-refractivity contribution in [2.24, 2.45) is 0 Å². The number of pyridine rings is 1. The number of nitrogens with two attached hydrogens (primary N) is 1. The van der Waals surface area contributed by atoms with Crippen LogP contribution in [-0.2, 0) is 0 Å². The second kappa shape index (κ2) is 4.59. The van der Waals surface area contributed by atoms with Crippen LogP contribution in [0, 0.1) is 20.8 Å². The lowest BCUT2D eigenvalue weighted by Gasteiger charge is -2.15. The lowest BCUT2D eigenvalue weighted by atomic mass is 10.1. The zero-order chi connectivity index (χ0) is 14.4. The zero-order valence-corrected chi connectivity index (χ0v) is 13.0. The van der Waals surface area contributed by atoms with Gasteiger partial charge in [0.15, 0.2) is 5.65 Å². The summed E-state index contributed by atoms with van der Waals surface area (Å²) in [5.41, 5.74) is 10.1. The summed E-state index contributed by atoms with van der Waals surface area (Å²) in [6, 6.07) is 6.30. The van der Waals surface area contributed by atoms with E-state index in [1.54, 1.807) is 0 Å². The van der Waals surface area contributed by atoms with E-state index in [4.69, 9.17) is 5.73 Å². The quantitative estimate of drug-likeness (QED) is 0.783. The van der Waals surface area contributed by atoms with Crippen molar-refractivity contribution in [3.63, 3.8) is 0 Å². The van der Waals surface area contributed by atoms with Crippen LogP contribution in [0.25, 0.3) is 11.2 Å². The number of nitrogen functional groups attached to an aromatic ring is 1. The number of imidazole rings is 1. The normalized spacial score (nSPS) is 13.0. The second-order valence-corrected chi connectivity index (χ2v) is 6.64. The molecule has 3 aromatic rings. The maximum absolute atomic E-state index is 6.11. The van der Waals surface area contributed by atoms with Crippen LogP contribution in [0.1, 0.15) is 34.0 Å². The summed E-state index contributed by atoms with van der Waals surface area (Å²) in [6.45, 7) is 8.41. The molecule has 3 rings (SSSR count). The number of thiophene rings is 1. The highest BCUT2D eigenvalue weighted by atomic mass is 32.1. The Morgan fingerprint density at radius 2 is 1.95 bits per heavy atom. The van der Waals surface area contributed by atoms with E-state index in [-0.39, 0.29) is 6.04 Å². The molecule has 0 spiro atoms. The van der Waals surface area contributed by atoms with E-state index >= 15 is 0 Å². The van der Waals surface area contributed by atoms with Gasteiger partial charge in [0.05, 0.1) is 6.04 Å². The smallest absolute Gasteiger partial charge is 0.203 e. The Balaban J connectivity index is 2.20. The molecular formula is C15H18N4S. The topological polar surface area (TPSA) is 56.7 Å². The fraction of sp³-hybridized carbons (Fsp3) is 0.333. The molecule has 3 heterocycles. The van der Waals surface area contributed by atoms with Crippen LogP contribution in [0.2, 0.25) is 0 Å². The molecule has 0 radical (unpaired) electrons. The molecule has 5 heteroatoms. The SMILES string of the molecule is Cc1ccc2nc(N)n(C(C)c3cc(C)sc3C)c2n1. The van der Waals surface area contributed by atoms with Crippen LogP contribution in [0.4, 0.5) is 5.95 Å². The molecule has 20 heavy (non-hydrogen) atoms. The van der Waals surface area contributed by atoms with E-state index in [0.29, 0.717) is 5.95 Å². The van der Waals surface area contributed by atoms with Gasteiger partial charge in [-0.1, -0.05) is 0 Å². The molecule has 0 aliphatic rings.